The van der Waals surface area contributed by atoms with Crippen LogP contribution in [0, 0.1) is 0 Å². The van der Waals surface area contributed by atoms with Crippen molar-refractivity contribution in [3.8, 4) is 0 Å². The van der Waals surface area contributed by atoms with Crippen LogP contribution in [-0.4, -0.2) is 64.5 Å². The van der Waals surface area contributed by atoms with Crippen LogP contribution in [0.5, 0.6) is 0 Å². The number of aromatic nitrogens is 2. The minimum Gasteiger partial charge on any atom is -0.472 e. The topological polar surface area (TPSA) is 66.5 Å². The van der Waals surface area contributed by atoms with E-state index in [1.165, 1.54) is 5.56 Å². The number of rotatable bonds is 11. The Labute approximate surface area is 247 Å². The first-order valence-corrected chi connectivity index (χ1v) is 14.9. The molecule has 3 heterocycles. The van der Waals surface area contributed by atoms with Gasteiger partial charge in [0.25, 0.3) is 5.91 Å². The van der Waals surface area contributed by atoms with Gasteiger partial charge in [0.2, 0.25) is 5.95 Å². The van der Waals surface area contributed by atoms with Crippen LogP contribution in [0.15, 0.2) is 108 Å². The van der Waals surface area contributed by atoms with E-state index in [9.17, 15) is 4.79 Å². The van der Waals surface area contributed by atoms with Gasteiger partial charge in [0.05, 0.1) is 30.1 Å². The van der Waals surface area contributed by atoms with Gasteiger partial charge in [-0.15, -0.1) is 0 Å². The number of carbonyl (C=O) groups is 1. The maximum atomic E-state index is 13.1. The average molecular weight is 562 g/mol. The van der Waals surface area contributed by atoms with Crippen LogP contribution in [0.2, 0.25) is 0 Å². The third-order valence-electron chi connectivity index (χ3n) is 8.42. The van der Waals surface area contributed by atoms with Crippen molar-refractivity contribution in [1.82, 2.24) is 19.4 Å². The number of hydrogen-bond donors (Lipinski definition) is 1. The van der Waals surface area contributed by atoms with E-state index in [2.05, 4.69) is 63.3 Å². The van der Waals surface area contributed by atoms with Crippen molar-refractivity contribution < 1.29 is 9.21 Å². The predicted octanol–water partition coefficient (Wildman–Crippen LogP) is 6.50. The van der Waals surface area contributed by atoms with Gasteiger partial charge in [-0.05, 0) is 61.7 Å². The minimum atomic E-state index is 0.0715. The molecule has 0 bridgehead atoms. The number of para-hydroxylation sites is 2. The Hall–Kier alpha value is -4.36. The molecule has 7 nitrogen and oxygen atoms in total. The van der Waals surface area contributed by atoms with Crippen LogP contribution in [0.1, 0.15) is 46.7 Å². The van der Waals surface area contributed by atoms with Gasteiger partial charge in [0.15, 0.2) is 0 Å². The minimum absolute atomic E-state index is 0.0715. The predicted molar refractivity (Wildman–Crippen MR) is 168 cm³/mol. The molecule has 1 unspecified atom stereocenters. The summed E-state index contributed by atoms with van der Waals surface area (Å²) in [5.41, 5.74) is 5.28. The average Bonchev–Trinajstić information content (AvgIpc) is 3.68. The molecule has 1 fully saturated rings. The van der Waals surface area contributed by atoms with Gasteiger partial charge < -0.3 is 24.1 Å². The number of imidazole rings is 1. The van der Waals surface area contributed by atoms with Crippen molar-refractivity contribution in [2.24, 2.45) is 0 Å². The molecular weight excluding hydrogens is 522 g/mol. The Bertz CT molecular complexity index is 1560. The molecule has 2 aromatic heterocycles. The second-order valence-corrected chi connectivity index (χ2v) is 11.4. The van der Waals surface area contributed by atoms with Gasteiger partial charge in [-0.1, -0.05) is 60.7 Å². The van der Waals surface area contributed by atoms with E-state index in [0.29, 0.717) is 12.6 Å². The Morgan fingerprint density at radius 1 is 0.976 bits per heavy atom. The number of hydrogen-bond acceptors (Lipinski definition) is 5. The first-order chi connectivity index (χ1) is 20.6. The van der Waals surface area contributed by atoms with Crippen LogP contribution in [-0.2, 0) is 6.54 Å². The number of amides is 1. The van der Waals surface area contributed by atoms with Crippen LogP contribution in [0.25, 0.3) is 11.0 Å². The number of carbonyl (C=O) groups excluding carboxylic acids is 1. The van der Waals surface area contributed by atoms with Crippen molar-refractivity contribution in [2.75, 3.05) is 38.5 Å². The molecule has 6 rings (SSSR count). The molecule has 1 saturated heterocycles. The second-order valence-electron chi connectivity index (χ2n) is 11.4. The Morgan fingerprint density at radius 2 is 1.69 bits per heavy atom. The summed E-state index contributed by atoms with van der Waals surface area (Å²) in [6.07, 6.45) is 6.66. The molecule has 0 saturated carbocycles. The fourth-order valence-electron chi connectivity index (χ4n) is 6.04. The number of piperidine rings is 1. The third kappa shape index (κ3) is 6.58. The van der Waals surface area contributed by atoms with Crippen LogP contribution < -0.4 is 5.32 Å². The summed E-state index contributed by atoms with van der Waals surface area (Å²) in [5.74, 6) is 1.27. The van der Waals surface area contributed by atoms with E-state index in [0.717, 1.165) is 73.6 Å². The lowest BCUT2D eigenvalue weighted by molar-refractivity contribution is 0.0782. The van der Waals surface area contributed by atoms with Gasteiger partial charge in [-0.3, -0.25) is 4.79 Å². The third-order valence-corrected chi connectivity index (χ3v) is 8.42. The van der Waals surface area contributed by atoms with Crippen LogP contribution in [0.4, 0.5) is 5.95 Å². The number of nitrogens with zero attached hydrogens (tertiary/aromatic N) is 4. The van der Waals surface area contributed by atoms with Gasteiger partial charge in [0.1, 0.15) is 0 Å². The summed E-state index contributed by atoms with van der Waals surface area (Å²) >= 11 is 0. The number of benzene rings is 3. The molecule has 1 atom stereocenters. The molecule has 1 aliphatic heterocycles. The SMILES string of the molecule is CN(CC(CCN1CCC(Nc2nc3ccccc3n2Cc2ccoc2)CC1)c1ccccc1)C(=O)c1ccccc1. The highest BCUT2D eigenvalue weighted by atomic mass is 16.3. The van der Waals surface area contributed by atoms with Gasteiger partial charge in [-0.2, -0.15) is 0 Å². The number of fused-ring (bicyclic) bond motifs is 1. The lowest BCUT2D eigenvalue weighted by Gasteiger charge is -2.34. The quantitative estimate of drug-likeness (QED) is 0.199. The largest absolute Gasteiger partial charge is 0.472 e. The molecule has 0 radical (unpaired) electrons. The van der Waals surface area contributed by atoms with E-state index < -0.39 is 0 Å². The zero-order valence-corrected chi connectivity index (χ0v) is 24.2. The Morgan fingerprint density at radius 3 is 2.43 bits per heavy atom. The molecule has 7 heteroatoms. The number of anilines is 1. The number of likely N-dealkylation sites (N-methyl/N-ethyl adjacent to an activating group) is 1. The molecule has 216 valence electrons. The van der Waals surface area contributed by atoms with Crippen molar-refractivity contribution in [3.05, 3.63) is 120 Å². The van der Waals surface area contributed by atoms with Crippen molar-refractivity contribution in [1.29, 1.82) is 0 Å². The van der Waals surface area contributed by atoms with Gasteiger partial charge in [-0.25, -0.2) is 4.98 Å². The van der Waals surface area contributed by atoms with Gasteiger partial charge in [0, 0.05) is 49.8 Å². The molecule has 1 N–H and O–H groups in total. The van der Waals surface area contributed by atoms with E-state index in [-0.39, 0.29) is 11.8 Å². The van der Waals surface area contributed by atoms with E-state index in [1.807, 2.05) is 54.4 Å². The molecule has 1 amide bonds. The zero-order valence-electron chi connectivity index (χ0n) is 24.2. The smallest absolute Gasteiger partial charge is 0.253 e. The molecule has 0 spiro atoms. The fraction of sp³-hybridized carbons (Fsp3) is 0.314. The first-order valence-electron chi connectivity index (χ1n) is 14.9. The highest BCUT2D eigenvalue weighted by Gasteiger charge is 2.24. The Balaban J connectivity index is 1.06. The molecule has 1 aliphatic rings. The van der Waals surface area contributed by atoms with E-state index in [4.69, 9.17) is 9.40 Å². The first kappa shape index (κ1) is 27.8. The molecule has 5 aromatic rings. The van der Waals surface area contributed by atoms with E-state index >= 15 is 0 Å². The summed E-state index contributed by atoms with van der Waals surface area (Å²) in [5, 5.41) is 3.77. The standard InChI is InChI=1S/C35H39N5O2/c1-38(34(41)29-12-6-3-7-13-29)25-30(28-10-4-2-5-11-28)16-20-39-21-17-31(18-22-39)36-35-37-32-14-8-9-15-33(32)40(35)24-27-19-23-42-26-27/h2-15,19,23,26,30-31H,16-18,20-22,24-25H2,1H3,(H,36,37). The number of furan rings is 1. The van der Waals surface area contributed by atoms with Crippen LogP contribution >= 0.6 is 0 Å². The highest BCUT2D eigenvalue weighted by Crippen LogP contribution is 2.26. The molecule has 0 aliphatic carbocycles. The Kier molecular flexibility index (Phi) is 8.66. The van der Waals surface area contributed by atoms with Gasteiger partial charge >= 0.3 is 0 Å². The zero-order chi connectivity index (χ0) is 28.7. The van der Waals surface area contributed by atoms with Crippen molar-refractivity contribution in [2.45, 2.75) is 37.8 Å². The van der Waals surface area contributed by atoms with Crippen molar-refractivity contribution in [3.63, 3.8) is 0 Å². The maximum Gasteiger partial charge on any atom is 0.253 e. The fourth-order valence-corrected chi connectivity index (χ4v) is 6.04. The van der Waals surface area contributed by atoms with E-state index in [1.54, 1.807) is 12.5 Å². The monoisotopic (exact) mass is 561 g/mol. The molecule has 42 heavy (non-hydrogen) atoms. The molecular formula is C35H39N5O2. The number of nitrogens with one attached hydrogen (secondary N) is 1. The maximum absolute atomic E-state index is 13.1. The highest BCUT2D eigenvalue weighted by molar-refractivity contribution is 5.94. The lowest BCUT2D eigenvalue weighted by Crippen LogP contribution is -2.40. The summed E-state index contributed by atoms with van der Waals surface area (Å²) in [4.78, 5) is 22.5. The summed E-state index contributed by atoms with van der Waals surface area (Å²) in [6, 6.07) is 30.9. The normalized spacial score (nSPS) is 15.1. The second kappa shape index (κ2) is 13.1. The summed E-state index contributed by atoms with van der Waals surface area (Å²) in [7, 11) is 1.92. The summed E-state index contributed by atoms with van der Waals surface area (Å²) < 4.78 is 7.57. The van der Waals surface area contributed by atoms with Crippen molar-refractivity contribution >= 4 is 22.9 Å². The molecule has 3 aromatic carbocycles. The van der Waals surface area contributed by atoms with Crippen LogP contribution in [0.3, 0.4) is 0 Å². The lowest BCUT2D eigenvalue weighted by atomic mass is 9.94. The number of likely N-dealkylation sites (tertiary alicyclic amines) is 1. The summed E-state index contributed by atoms with van der Waals surface area (Å²) in [6.45, 7) is 4.52.